The Morgan fingerprint density at radius 1 is 1.13 bits per heavy atom. The van der Waals surface area contributed by atoms with Gasteiger partial charge in [-0.1, -0.05) is 0 Å². The highest BCUT2D eigenvalue weighted by Crippen LogP contribution is 2.35. The molecule has 5 rings (SSSR count). The summed E-state index contributed by atoms with van der Waals surface area (Å²) >= 11 is 0. The van der Waals surface area contributed by atoms with Crippen LogP contribution in [0.25, 0.3) is 0 Å². The van der Waals surface area contributed by atoms with Crippen molar-refractivity contribution in [2.75, 3.05) is 18.1 Å². The van der Waals surface area contributed by atoms with Crippen LogP contribution in [0.2, 0.25) is 0 Å². The van der Waals surface area contributed by atoms with Crippen molar-refractivity contribution in [2.24, 2.45) is 5.92 Å². The van der Waals surface area contributed by atoms with Gasteiger partial charge in [0.05, 0.1) is 24.1 Å². The second-order valence-electron chi connectivity index (χ2n) is 7.94. The van der Waals surface area contributed by atoms with Gasteiger partial charge >= 0.3 is 0 Å². The number of Topliss-reactive ketones (excluding diaryl/α,β-unsaturated/α-hetero) is 1. The molecule has 2 heterocycles. The number of hydrogen-bond donors (Lipinski definition) is 0. The molecule has 2 aromatic rings. The number of carbonyl (C=O) groups is 2. The highest BCUT2D eigenvalue weighted by molar-refractivity contribution is 6.04. The van der Waals surface area contributed by atoms with Gasteiger partial charge in [-0.15, -0.1) is 0 Å². The minimum absolute atomic E-state index is 0.0830. The molecule has 8 heteroatoms. The Kier molecular flexibility index (Phi) is 4.64. The molecule has 30 heavy (non-hydrogen) atoms. The Morgan fingerprint density at radius 2 is 1.97 bits per heavy atom. The molecular weight excluding hydrogens is 394 g/mol. The molecule has 1 atom stereocenters. The molecule has 0 N–H and O–H groups in total. The van der Waals surface area contributed by atoms with E-state index >= 15 is 0 Å². The monoisotopic (exact) mass is 414 g/mol. The Bertz CT molecular complexity index is 1020. The average molecular weight is 414 g/mol. The number of rotatable bonds is 6. The Balaban J connectivity index is 1.29. The number of amides is 1. The van der Waals surface area contributed by atoms with Gasteiger partial charge in [-0.25, -0.2) is 13.8 Å². The van der Waals surface area contributed by atoms with E-state index in [4.69, 9.17) is 9.47 Å². The molecule has 3 aliphatic rings. The van der Waals surface area contributed by atoms with Crippen molar-refractivity contribution < 1.29 is 27.8 Å². The Labute approximate surface area is 171 Å². The van der Waals surface area contributed by atoms with Crippen molar-refractivity contribution >= 4 is 17.4 Å². The maximum atomic E-state index is 14.9. The first-order chi connectivity index (χ1) is 14.5. The number of anilines is 1. The van der Waals surface area contributed by atoms with Crippen LogP contribution in [0.4, 0.5) is 14.5 Å². The summed E-state index contributed by atoms with van der Waals surface area (Å²) < 4.78 is 40.6. The zero-order valence-electron chi connectivity index (χ0n) is 16.2. The number of ketones is 1. The summed E-state index contributed by atoms with van der Waals surface area (Å²) in [5, 5.41) is 0. The number of hydrogen-bond acceptors (Lipinski definition) is 5. The third-order valence-corrected chi connectivity index (χ3v) is 5.78. The SMILES string of the molecule is O=C1CCc2c(F)cc(N3CC[C@@H](Oc4ccc(OCC5CC5)nc4)C3=O)c(F)c21. The molecule has 1 saturated heterocycles. The highest BCUT2D eigenvalue weighted by Gasteiger charge is 2.38. The third kappa shape index (κ3) is 3.40. The van der Waals surface area contributed by atoms with Gasteiger partial charge in [-0.2, -0.15) is 0 Å². The molecule has 0 bridgehead atoms. The zero-order chi connectivity index (χ0) is 20.8. The van der Waals surface area contributed by atoms with Crippen molar-refractivity contribution in [3.8, 4) is 11.6 Å². The Morgan fingerprint density at radius 3 is 2.70 bits per heavy atom. The predicted molar refractivity (Wildman–Crippen MR) is 103 cm³/mol. The van der Waals surface area contributed by atoms with Gasteiger partial charge < -0.3 is 14.4 Å². The quantitative estimate of drug-likeness (QED) is 0.724. The van der Waals surface area contributed by atoms with Gasteiger partial charge in [0.1, 0.15) is 11.6 Å². The Hall–Kier alpha value is -3.03. The van der Waals surface area contributed by atoms with Crippen LogP contribution in [0.5, 0.6) is 11.6 Å². The second kappa shape index (κ2) is 7.34. The summed E-state index contributed by atoms with van der Waals surface area (Å²) in [6.45, 7) is 0.817. The molecule has 6 nitrogen and oxygen atoms in total. The van der Waals surface area contributed by atoms with Crippen LogP contribution in [0.3, 0.4) is 0 Å². The van der Waals surface area contributed by atoms with Crippen molar-refractivity contribution in [3.63, 3.8) is 0 Å². The van der Waals surface area contributed by atoms with Crippen molar-refractivity contribution in [1.82, 2.24) is 4.98 Å². The molecule has 1 amide bonds. The summed E-state index contributed by atoms with van der Waals surface area (Å²) in [6, 6.07) is 4.34. The lowest BCUT2D eigenvalue weighted by molar-refractivity contribution is -0.122. The smallest absolute Gasteiger partial charge is 0.268 e. The normalized spacial score (nSPS) is 20.6. The van der Waals surface area contributed by atoms with Crippen molar-refractivity contribution in [2.45, 2.75) is 38.2 Å². The van der Waals surface area contributed by atoms with E-state index in [1.165, 1.54) is 19.0 Å². The van der Waals surface area contributed by atoms with E-state index in [9.17, 15) is 18.4 Å². The average Bonchev–Trinajstić information content (AvgIpc) is 3.39. The van der Waals surface area contributed by atoms with Gasteiger partial charge in [0, 0.05) is 37.1 Å². The van der Waals surface area contributed by atoms with Gasteiger partial charge in [-0.3, -0.25) is 9.59 Å². The van der Waals surface area contributed by atoms with Crippen LogP contribution < -0.4 is 14.4 Å². The van der Waals surface area contributed by atoms with E-state index in [2.05, 4.69) is 4.98 Å². The number of halogens is 2. The first kappa shape index (κ1) is 19.0. The molecule has 0 unspecified atom stereocenters. The number of benzene rings is 1. The number of carbonyl (C=O) groups excluding carboxylic acids is 2. The van der Waals surface area contributed by atoms with Crippen LogP contribution in [-0.2, 0) is 11.2 Å². The standard InChI is InChI=1S/C22H20F2N2O4/c23-15-9-16(21(24)20-14(15)4-5-17(20)27)26-8-7-18(22(26)28)30-13-3-6-19(25-10-13)29-11-12-1-2-12/h3,6,9-10,12,18H,1-2,4-5,7-8,11H2/t18-/m1/s1. The van der Waals surface area contributed by atoms with Crippen LogP contribution in [0, 0.1) is 17.6 Å². The largest absolute Gasteiger partial charge is 0.479 e. The molecule has 1 aliphatic heterocycles. The maximum absolute atomic E-state index is 14.9. The number of nitrogens with zero attached hydrogens (tertiary/aromatic N) is 2. The number of pyridine rings is 1. The van der Waals surface area contributed by atoms with Crippen LogP contribution >= 0.6 is 0 Å². The zero-order valence-corrected chi connectivity index (χ0v) is 16.2. The van der Waals surface area contributed by atoms with E-state index in [-0.39, 0.29) is 36.2 Å². The minimum Gasteiger partial charge on any atom is -0.479 e. The number of aromatic nitrogens is 1. The fourth-order valence-corrected chi connectivity index (χ4v) is 3.92. The molecule has 1 aromatic heterocycles. The van der Waals surface area contributed by atoms with E-state index in [1.807, 2.05) is 0 Å². The van der Waals surface area contributed by atoms with E-state index in [1.54, 1.807) is 12.1 Å². The lowest BCUT2D eigenvalue weighted by Crippen LogP contribution is -2.33. The topological polar surface area (TPSA) is 68.7 Å². The summed E-state index contributed by atoms with van der Waals surface area (Å²) in [6.07, 6.45) is 3.59. The molecule has 1 aromatic carbocycles. The van der Waals surface area contributed by atoms with Gasteiger partial charge in [0.25, 0.3) is 5.91 Å². The molecular formula is C22H20F2N2O4. The van der Waals surface area contributed by atoms with Crippen molar-refractivity contribution in [1.29, 1.82) is 0 Å². The van der Waals surface area contributed by atoms with Crippen LogP contribution in [0.1, 0.15) is 41.6 Å². The highest BCUT2D eigenvalue weighted by atomic mass is 19.1. The van der Waals surface area contributed by atoms with Gasteiger partial charge in [0.2, 0.25) is 5.88 Å². The first-order valence-electron chi connectivity index (χ1n) is 10.1. The van der Waals surface area contributed by atoms with Crippen LogP contribution in [0.15, 0.2) is 24.4 Å². The van der Waals surface area contributed by atoms with Gasteiger partial charge in [-0.05, 0) is 31.2 Å². The lowest BCUT2D eigenvalue weighted by atomic mass is 10.1. The third-order valence-electron chi connectivity index (χ3n) is 5.78. The summed E-state index contributed by atoms with van der Waals surface area (Å²) in [5.41, 5.74) is -0.344. The molecule has 156 valence electrons. The summed E-state index contributed by atoms with van der Waals surface area (Å²) in [4.78, 5) is 30.1. The van der Waals surface area contributed by atoms with E-state index < -0.39 is 29.4 Å². The van der Waals surface area contributed by atoms with E-state index in [0.717, 1.165) is 11.0 Å². The minimum atomic E-state index is -0.837. The maximum Gasteiger partial charge on any atom is 0.268 e. The molecule has 0 radical (unpaired) electrons. The lowest BCUT2D eigenvalue weighted by Gasteiger charge is -2.19. The molecule has 0 spiro atoms. The number of fused-ring (bicyclic) bond motifs is 1. The summed E-state index contributed by atoms with van der Waals surface area (Å²) in [5.74, 6) is -0.897. The predicted octanol–water partition coefficient (Wildman–Crippen LogP) is 3.46. The number of ether oxygens (including phenoxy) is 2. The molecule has 1 saturated carbocycles. The molecule has 2 fully saturated rings. The fourth-order valence-electron chi connectivity index (χ4n) is 3.92. The second-order valence-corrected chi connectivity index (χ2v) is 7.94. The van der Waals surface area contributed by atoms with Crippen LogP contribution in [-0.4, -0.2) is 35.9 Å². The molecule has 2 aliphatic carbocycles. The van der Waals surface area contributed by atoms with E-state index in [0.29, 0.717) is 30.6 Å². The fraction of sp³-hybridized carbons (Fsp3) is 0.409. The van der Waals surface area contributed by atoms with Crippen molar-refractivity contribution in [3.05, 3.63) is 47.2 Å². The first-order valence-corrected chi connectivity index (χ1v) is 10.1. The van der Waals surface area contributed by atoms with Gasteiger partial charge in [0.15, 0.2) is 17.7 Å². The summed E-state index contributed by atoms with van der Waals surface area (Å²) in [7, 11) is 0.